The van der Waals surface area contributed by atoms with E-state index in [-0.39, 0.29) is 23.5 Å². The van der Waals surface area contributed by atoms with Gasteiger partial charge in [-0.25, -0.2) is 0 Å². The van der Waals surface area contributed by atoms with E-state index in [2.05, 4.69) is 10.6 Å². The standard InChI is InChI=1S/C16H18N2O4/c19-13-10-17-8-11(13)9-18-16(20)14-6-7-15(22-14)21-12-4-2-1-3-5-12/h1-7,11,13,17,19H,8-10H2,(H,18,20). The Morgan fingerprint density at radius 2 is 2.09 bits per heavy atom. The van der Waals surface area contributed by atoms with Crippen LogP contribution in [0.2, 0.25) is 0 Å². The van der Waals surface area contributed by atoms with Crippen molar-refractivity contribution in [3.63, 3.8) is 0 Å². The Morgan fingerprint density at radius 1 is 1.27 bits per heavy atom. The summed E-state index contributed by atoms with van der Waals surface area (Å²) in [6, 6.07) is 12.4. The SMILES string of the molecule is O=C(NCC1CNCC1O)c1ccc(Oc2ccccc2)o1. The molecule has 1 amide bonds. The van der Waals surface area contributed by atoms with E-state index < -0.39 is 6.10 Å². The summed E-state index contributed by atoms with van der Waals surface area (Å²) in [5.74, 6) is 0.801. The smallest absolute Gasteiger partial charge is 0.290 e. The molecule has 1 aromatic heterocycles. The van der Waals surface area contributed by atoms with Crippen molar-refractivity contribution >= 4 is 5.91 Å². The first-order chi connectivity index (χ1) is 10.7. The van der Waals surface area contributed by atoms with Crippen LogP contribution in [0.3, 0.4) is 0 Å². The average molecular weight is 302 g/mol. The second kappa shape index (κ2) is 6.64. The van der Waals surface area contributed by atoms with Crippen LogP contribution < -0.4 is 15.4 Å². The average Bonchev–Trinajstić information content (AvgIpc) is 3.15. The number of para-hydroxylation sites is 1. The van der Waals surface area contributed by atoms with Crippen LogP contribution in [0.15, 0.2) is 46.9 Å². The Labute approximate surface area is 128 Å². The maximum absolute atomic E-state index is 12.0. The van der Waals surface area contributed by atoms with E-state index in [4.69, 9.17) is 9.15 Å². The molecule has 1 aromatic carbocycles. The Bertz CT molecular complexity index is 626. The lowest BCUT2D eigenvalue weighted by molar-refractivity contribution is 0.0895. The molecule has 1 fully saturated rings. The molecule has 1 aliphatic heterocycles. The highest BCUT2D eigenvalue weighted by Crippen LogP contribution is 2.23. The fourth-order valence-corrected chi connectivity index (χ4v) is 2.34. The molecule has 2 unspecified atom stereocenters. The van der Waals surface area contributed by atoms with Crippen LogP contribution in [0, 0.1) is 5.92 Å². The fraction of sp³-hybridized carbons (Fsp3) is 0.312. The number of ether oxygens (including phenoxy) is 1. The monoisotopic (exact) mass is 302 g/mol. The summed E-state index contributed by atoms with van der Waals surface area (Å²) in [4.78, 5) is 12.0. The van der Waals surface area contributed by atoms with Gasteiger partial charge in [-0.3, -0.25) is 4.79 Å². The molecular formula is C16H18N2O4. The third-order valence-electron chi connectivity index (χ3n) is 3.60. The molecule has 0 spiro atoms. The van der Waals surface area contributed by atoms with Crippen LogP contribution in [0.5, 0.6) is 11.7 Å². The number of β-amino-alcohol motifs (C(OH)–C–C–N with tert-alkyl or cyclic N) is 1. The number of hydrogen-bond donors (Lipinski definition) is 3. The number of amides is 1. The minimum atomic E-state index is -0.422. The van der Waals surface area contributed by atoms with E-state index in [1.165, 1.54) is 0 Å². The minimum absolute atomic E-state index is 0.0268. The molecular weight excluding hydrogens is 284 g/mol. The Balaban J connectivity index is 1.55. The number of hydrogen-bond acceptors (Lipinski definition) is 5. The molecule has 2 aromatic rings. The van der Waals surface area contributed by atoms with E-state index in [0.717, 1.165) is 0 Å². The molecule has 0 radical (unpaired) electrons. The van der Waals surface area contributed by atoms with Gasteiger partial charge in [0.25, 0.3) is 11.9 Å². The molecule has 3 N–H and O–H groups in total. The summed E-state index contributed by atoms with van der Waals surface area (Å²) in [5.41, 5.74) is 0. The van der Waals surface area contributed by atoms with E-state index in [1.54, 1.807) is 24.3 Å². The first-order valence-electron chi connectivity index (χ1n) is 7.22. The summed E-state index contributed by atoms with van der Waals surface area (Å²) in [5, 5.41) is 15.5. The van der Waals surface area contributed by atoms with Gasteiger partial charge < -0.3 is 24.9 Å². The van der Waals surface area contributed by atoms with Gasteiger partial charge in [-0.15, -0.1) is 0 Å². The molecule has 3 rings (SSSR count). The normalized spacial score (nSPS) is 20.8. The highest BCUT2D eigenvalue weighted by atomic mass is 16.6. The molecule has 1 saturated heterocycles. The third-order valence-corrected chi connectivity index (χ3v) is 3.60. The number of nitrogens with one attached hydrogen (secondary N) is 2. The number of furan rings is 1. The zero-order valence-electron chi connectivity index (χ0n) is 12.0. The van der Waals surface area contributed by atoms with Gasteiger partial charge in [0.1, 0.15) is 5.75 Å². The highest BCUT2D eigenvalue weighted by molar-refractivity contribution is 5.91. The predicted molar refractivity (Wildman–Crippen MR) is 79.9 cm³/mol. The van der Waals surface area contributed by atoms with Gasteiger partial charge in [0, 0.05) is 31.6 Å². The number of aliphatic hydroxyl groups excluding tert-OH is 1. The molecule has 116 valence electrons. The quantitative estimate of drug-likeness (QED) is 0.777. The lowest BCUT2D eigenvalue weighted by atomic mass is 10.1. The van der Waals surface area contributed by atoms with Gasteiger partial charge in [0.2, 0.25) is 0 Å². The van der Waals surface area contributed by atoms with Crippen LogP contribution in [-0.2, 0) is 0 Å². The second-order valence-electron chi connectivity index (χ2n) is 5.23. The Kier molecular flexibility index (Phi) is 4.41. The summed E-state index contributed by atoms with van der Waals surface area (Å²) < 4.78 is 10.9. The molecule has 1 aliphatic rings. The number of rotatable bonds is 5. The largest absolute Gasteiger partial charge is 0.426 e. The molecule has 2 heterocycles. The maximum Gasteiger partial charge on any atom is 0.290 e. The van der Waals surface area contributed by atoms with Gasteiger partial charge in [0.15, 0.2) is 5.76 Å². The Hall–Kier alpha value is -2.31. The van der Waals surface area contributed by atoms with Crippen molar-refractivity contribution in [3.05, 3.63) is 48.2 Å². The zero-order chi connectivity index (χ0) is 15.4. The van der Waals surface area contributed by atoms with Gasteiger partial charge in [-0.2, -0.15) is 0 Å². The van der Waals surface area contributed by atoms with E-state index in [1.807, 2.05) is 18.2 Å². The lowest BCUT2D eigenvalue weighted by Gasteiger charge is -2.13. The number of carbonyl (C=O) groups is 1. The van der Waals surface area contributed by atoms with Crippen LogP contribution in [0.25, 0.3) is 0 Å². The van der Waals surface area contributed by atoms with Gasteiger partial charge in [-0.05, 0) is 18.2 Å². The fourth-order valence-electron chi connectivity index (χ4n) is 2.34. The van der Waals surface area contributed by atoms with Crippen molar-refractivity contribution in [1.82, 2.24) is 10.6 Å². The molecule has 0 bridgehead atoms. The molecule has 0 saturated carbocycles. The molecule has 6 nitrogen and oxygen atoms in total. The van der Waals surface area contributed by atoms with Gasteiger partial charge in [-0.1, -0.05) is 18.2 Å². The van der Waals surface area contributed by atoms with Crippen LogP contribution >= 0.6 is 0 Å². The van der Waals surface area contributed by atoms with Crippen LogP contribution in [-0.4, -0.2) is 36.8 Å². The number of aliphatic hydroxyl groups is 1. The summed E-state index contributed by atoms with van der Waals surface area (Å²) in [6.45, 7) is 1.67. The van der Waals surface area contributed by atoms with Crippen molar-refractivity contribution in [2.45, 2.75) is 6.10 Å². The van der Waals surface area contributed by atoms with E-state index in [9.17, 15) is 9.90 Å². The van der Waals surface area contributed by atoms with E-state index in [0.29, 0.717) is 25.4 Å². The van der Waals surface area contributed by atoms with Crippen molar-refractivity contribution in [3.8, 4) is 11.7 Å². The predicted octanol–water partition coefficient (Wildman–Crippen LogP) is 1.38. The van der Waals surface area contributed by atoms with Crippen molar-refractivity contribution in [2.75, 3.05) is 19.6 Å². The first kappa shape index (κ1) is 14.6. The van der Waals surface area contributed by atoms with Crippen molar-refractivity contribution < 1.29 is 19.1 Å². The van der Waals surface area contributed by atoms with Crippen LogP contribution in [0.1, 0.15) is 10.6 Å². The zero-order valence-corrected chi connectivity index (χ0v) is 12.0. The highest BCUT2D eigenvalue weighted by Gasteiger charge is 2.25. The summed E-state index contributed by atoms with van der Waals surface area (Å²) in [7, 11) is 0. The summed E-state index contributed by atoms with van der Waals surface area (Å²) >= 11 is 0. The molecule has 22 heavy (non-hydrogen) atoms. The molecule has 0 aliphatic carbocycles. The second-order valence-corrected chi connectivity index (χ2v) is 5.23. The minimum Gasteiger partial charge on any atom is -0.426 e. The number of benzene rings is 1. The van der Waals surface area contributed by atoms with E-state index >= 15 is 0 Å². The third kappa shape index (κ3) is 3.47. The maximum atomic E-state index is 12.0. The van der Waals surface area contributed by atoms with Crippen molar-refractivity contribution in [2.24, 2.45) is 5.92 Å². The summed E-state index contributed by atoms with van der Waals surface area (Å²) in [6.07, 6.45) is -0.422. The number of carbonyl (C=O) groups excluding carboxylic acids is 1. The first-order valence-corrected chi connectivity index (χ1v) is 7.22. The topological polar surface area (TPSA) is 83.7 Å². The molecule has 2 atom stereocenters. The van der Waals surface area contributed by atoms with Gasteiger partial charge >= 0.3 is 0 Å². The Morgan fingerprint density at radius 3 is 2.82 bits per heavy atom. The lowest BCUT2D eigenvalue weighted by Crippen LogP contribution is -2.34. The van der Waals surface area contributed by atoms with Crippen LogP contribution in [0.4, 0.5) is 0 Å². The van der Waals surface area contributed by atoms with Gasteiger partial charge in [0.05, 0.1) is 6.10 Å². The van der Waals surface area contributed by atoms with Crippen molar-refractivity contribution in [1.29, 1.82) is 0 Å². The molecule has 6 heteroatoms.